The van der Waals surface area contributed by atoms with E-state index >= 15 is 0 Å². The van der Waals surface area contributed by atoms with Gasteiger partial charge in [-0.25, -0.2) is 4.79 Å². The average Bonchev–Trinajstić information content (AvgIpc) is 2.39. The molecule has 2 fully saturated rings. The van der Waals surface area contributed by atoms with Gasteiger partial charge in [-0.1, -0.05) is 0 Å². The molecule has 0 aliphatic carbocycles. The van der Waals surface area contributed by atoms with Gasteiger partial charge in [-0.15, -0.1) is 0 Å². The predicted octanol–water partition coefficient (Wildman–Crippen LogP) is 0.341. The summed E-state index contributed by atoms with van der Waals surface area (Å²) in [4.78, 5) is 26.8. The van der Waals surface area contributed by atoms with Gasteiger partial charge in [0, 0.05) is 38.8 Å². The highest BCUT2D eigenvalue weighted by Gasteiger charge is 2.31. The fraction of sp³-hybridized carbons (Fsp3) is 0.833. The molecule has 0 aromatic heterocycles. The number of nitrogens with zero attached hydrogens (tertiary/aromatic N) is 2. The number of carboxylic acid groups (broad SMARTS) is 1. The summed E-state index contributed by atoms with van der Waals surface area (Å²) in [6.45, 7) is 3.78. The molecule has 0 aromatic carbocycles. The van der Waals surface area contributed by atoms with Crippen LogP contribution in [-0.4, -0.2) is 65.7 Å². The Morgan fingerprint density at radius 3 is 2.56 bits per heavy atom. The van der Waals surface area contributed by atoms with Crippen LogP contribution in [0.2, 0.25) is 0 Å². The van der Waals surface area contributed by atoms with Crippen molar-refractivity contribution >= 4 is 12.0 Å². The summed E-state index contributed by atoms with van der Waals surface area (Å²) in [5.41, 5.74) is 0. The van der Waals surface area contributed by atoms with E-state index in [0.717, 1.165) is 45.4 Å². The van der Waals surface area contributed by atoms with Crippen LogP contribution in [0.5, 0.6) is 0 Å². The first kappa shape index (κ1) is 13.1. The van der Waals surface area contributed by atoms with E-state index in [1.807, 2.05) is 4.90 Å². The largest absolute Gasteiger partial charge is 0.481 e. The van der Waals surface area contributed by atoms with Crippen LogP contribution < -0.4 is 5.32 Å². The van der Waals surface area contributed by atoms with E-state index in [9.17, 15) is 9.59 Å². The van der Waals surface area contributed by atoms with E-state index in [0.29, 0.717) is 6.54 Å². The van der Waals surface area contributed by atoms with Gasteiger partial charge in [0.2, 0.25) is 0 Å². The number of rotatable bonds is 2. The van der Waals surface area contributed by atoms with Gasteiger partial charge in [0.1, 0.15) is 0 Å². The highest BCUT2D eigenvalue weighted by molar-refractivity contribution is 5.76. The molecule has 2 aliphatic heterocycles. The number of amides is 2. The third kappa shape index (κ3) is 3.13. The molecule has 2 aliphatic rings. The number of hydrogen-bond donors (Lipinski definition) is 2. The molecule has 6 nitrogen and oxygen atoms in total. The monoisotopic (exact) mass is 255 g/mol. The van der Waals surface area contributed by atoms with Gasteiger partial charge in [-0.05, 0) is 19.3 Å². The lowest BCUT2D eigenvalue weighted by Gasteiger charge is -2.39. The predicted molar refractivity (Wildman–Crippen MR) is 66.4 cm³/mol. The quantitative estimate of drug-likeness (QED) is 0.746. The maximum absolute atomic E-state index is 12.4. The van der Waals surface area contributed by atoms with Crippen LogP contribution in [0.1, 0.15) is 25.7 Å². The zero-order valence-corrected chi connectivity index (χ0v) is 10.6. The third-order valence-corrected chi connectivity index (χ3v) is 3.67. The van der Waals surface area contributed by atoms with Gasteiger partial charge >= 0.3 is 12.0 Å². The van der Waals surface area contributed by atoms with Crippen molar-refractivity contribution in [2.75, 3.05) is 32.7 Å². The van der Waals surface area contributed by atoms with Crippen molar-refractivity contribution in [1.82, 2.24) is 15.1 Å². The van der Waals surface area contributed by atoms with Crippen molar-refractivity contribution in [3.8, 4) is 0 Å². The Kier molecular flexibility index (Phi) is 4.41. The van der Waals surface area contributed by atoms with Crippen LogP contribution >= 0.6 is 0 Å². The van der Waals surface area contributed by atoms with Crippen LogP contribution in [-0.2, 0) is 4.79 Å². The molecule has 2 rings (SSSR count). The molecule has 6 heteroatoms. The number of aliphatic carboxylic acids is 1. The smallest absolute Gasteiger partial charge is 0.320 e. The summed E-state index contributed by atoms with van der Waals surface area (Å²) < 4.78 is 0. The van der Waals surface area contributed by atoms with E-state index < -0.39 is 5.97 Å². The van der Waals surface area contributed by atoms with Gasteiger partial charge in [-0.2, -0.15) is 0 Å². The van der Waals surface area contributed by atoms with Crippen molar-refractivity contribution in [3.63, 3.8) is 0 Å². The van der Waals surface area contributed by atoms with Crippen LogP contribution in [0.3, 0.4) is 0 Å². The number of carboxylic acids is 1. The minimum absolute atomic E-state index is 0.0162. The minimum atomic E-state index is -0.819. The van der Waals surface area contributed by atoms with Gasteiger partial charge < -0.3 is 20.2 Å². The van der Waals surface area contributed by atoms with Crippen molar-refractivity contribution in [3.05, 3.63) is 0 Å². The second-order valence-corrected chi connectivity index (χ2v) is 4.96. The number of carbonyl (C=O) groups excluding carboxylic acids is 1. The minimum Gasteiger partial charge on any atom is -0.481 e. The maximum Gasteiger partial charge on any atom is 0.320 e. The van der Waals surface area contributed by atoms with E-state index in [2.05, 4.69) is 5.32 Å². The fourth-order valence-corrected chi connectivity index (χ4v) is 2.70. The zero-order valence-electron chi connectivity index (χ0n) is 10.6. The molecule has 102 valence electrons. The van der Waals surface area contributed by atoms with Crippen molar-refractivity contribution in [2.45, 2.75) is 31.7 Å². The summed E-state index contributed by atoms with van der Waals surface area (Å²) in [6, 6.07) is -0.110. The van der Waals surface area contributed by atoms with Crippen molar-refractivity contribution in [1.29, 1.82) is 0 Å². The second kappa shape index (κ2) is 6.04. The molecule has 0 saturated carbocycles. The molecule has 2 heterocycles. The summed E-state index contributed by atoms with van der Waals surface area (Å²) in [7, 11) is 0. The molecule has 0 spiro atoms. The number of nitrogens with one attached hydrogen (secondary N) is 1. The standard InChI is InChI=1S/C12H21N3O3/c16-11(17)9-10-3-1-2-6-15(10)12(18)14-7-4-13-5-8-14/h10,13H,1-9H2,(H,16,17). The topological polar surface area (TPSA) is 72.9 Å². The van der Waals surface area contributed by atoms with Gasteiger partial charge in [0.25, 0.3) is 0 Å². The Bertz CT molecular complexity index is 316. The lowest BCUT2D eigenvalue weighted by atomic mass is 10.00. The summed E-state index contributed by atoms with van der Waals surface area (Å²) in [6.07, 6.45) is 2.87. The number of hydrogen-bond acceptors (Lipinski definition) is 3. The number of piperidine rings is 1. The van der Waals surface area contributed by atoms with E-state index in [4.69, 9.17) is 5.11 Å². The first-order valence-electron chi connectivity index (χ1n) is 6.66. The van der Waals surface area contributed by atoms with Crippen LogP contribution in [0.15, 0.2) is 0 Å². The highest BCUT2D eigenvalue weighted by Crippen LogP contribution is 2.21. The molecule has 0 aromatic rings. The Morgan fingerprint density at radius 2 is 1.89 bits per heavy atom. The number of urea groups is 1. The molecule has 2 amide bonds. The second-order valence-electron chi connectivity index (χ2n) is 4.96. The van der Waals surface area contributed by atoms with Crippen LogP contribution in [0.4, 0.5) is 4.79 Å². The third-order valence-electron chi connectivity index (χ3n) is 3.67. The lowest BCUT2D eigenvalue weighted by molar-refractivity contribution is -0.138. The van der Waals surface area contributed by atoms with E-state index in [-0.39, 0.29) is 18.5 Å². The molecule has 1 unspecified atom stereocenters. The number of carbonyl (C=O) groups is 2. The highest BCUT2D eigenvalue weighted by atomic mass is 16.4. The molecular weight excluding hydrogens is 234 g/mol. The van der Waals surface area contributed by atoms with E-state index in [1.165, 1.54) is 0 Å². The Labute approximate surface area is 107 Å². The zero-order chi connectivity index (χ0) is 13.0. The Balaban J connectivity index is 1.98. The maximum atomic E-state index is 12.4. The number of piperazine rings is 1. The first-order chi connectivity index (χ1) is 8.68. The lowest BCUT2D eigenvalue weighted by Crippen LogP contribution is -2.55. The molecule has 0 radical (unpaired) electrons. The molecule has 1 atom stereocenters. The Morgan fingerprint density at radius 1 is 1.17 bits per heavy atom. The fourth-order valence-electron chi connectivity index (χ4n) is 2.70. The molecule has 2 N–H and O–H groups in total. The normalized spacial score (nSPS) is 25.0. The van der Waals surface area contributed by atoms with Crippen molar-refractivity contribution in [2.24, 2.45) is 0 Å². The van der Waals surface area contributed by atoms with E-state index in [1.54, 1.807) is 4.90 Å². The Hall–Kier alpha value is -1.30. The van der Waals surface area contributed by atoms with Crippen LogP contribution in [0.25, 0.3) is 0 Å². The summed E-state index contributed by atoms with van der Waals surface area (Å²) in [5.74, 6) is -0.819. The van der Waals surface area contributed by atoms with Gasteiger partial charge in [-0.3, -0.25) is 4.79 Å². The van der Waals surface area contributed by atoms with Gasteiger partial charge in [0.15, 0.2) is 0 Å². The SMILES string of the molecule is O=C(O)CC1CCCCN1C(=O)N1CCNCC1. The molecule has 2 saturated heterocycles. The van der Waals surface area contributed by atoms with Gasteiger partial charge in [0.05, 0.1) is 6.42 Å². The summed E-state index contributed by atoms with van der Waals surface area (Å²) >= 11 is 0. The molecular formula is C12H21N3O3. The van der Waals surface area contributed by atoms with Crippen LogP contribution in [0, 0.1) is 0 Å². The average molecular weight is 255 g/mol. The summed E-state index contributed by atoms with van der Waals surface area (Å²) in [5, 5.41) is 12.1. The number of likely N-dealkylation sites (tertiary alicyclic amines) is 1. The molecule has 0 bridgehead atoms. The first-order valence-corrected chi connectivity index (χ1v) is 6.66. The molecule has 18 heavy (non-hydrogen) atoms. The van der Waals surface area contributed by atoms with Crippen molar-refractivity contribution < 1.29 is 14.7 Å².